The van der Waals surface area contributed by atoms with Crippen LogP contribution < -0.4 is 0 Å². The van der Waals surface area contributed by atoms with Gasteiger partial charge in [-0.1, -0.05) is 39.0 Å². The van der Waals surface area contributed by atoms with Gasteiger partial charge in [0.15, 0.2) is 0 Å². The van der Waals surface area contributed by atoms with Crippen LogP contribution in [0.25, 0.3) is 0 Å². The molecule has 3 unspecified atom stereocenters. The van der Waals surface area contributed by atoms with Crippen LogP contribution in [0.5, 0.6) is 0 Å². The van der Waals surface area contributed by atoms with E-state index in [1.54, 1.807) is 0 Å². The standard InChI is InChI=1S/C11H19/c1-9-6-7-10-4-2-3-5-11(10)8-9/h9-11H,1-8H2. The van der Waals surface area contributed by atoms with Crippen LogP contribution in [0.3, 0.4) is 0 Å². The van der Waals surface area contributed by atoms with Crippen molar-refractivity contribution in [1.29, 1.82) is 0 Å². The van der Waals surface area contributed by atoms with Gasteiger partial charge in [-0.15, -0.1) is 0 Å². The molecular formula is C11H19. The van der Waals surface area contributed by atoms with Gasteiger partial charge in [-0.05, 0) is 30.6 Å². The van der Waals surface area contributed by atoms with Crippen LogP contribution in [-0.2, 0) is 0 Å². The van der Waals surface area contributed by atoms with E-state index in [1.165, 1.54) is 44.9 Å². The van der Waals surface area contributed by atoms with Crippen molar-refractivity contribution in [2.75, 3.05) is 0 Å². The van der Waals surface area contributed by atoms with Crippen LogP contribution in [0.15, 0.2) is 0 Å². The molecule has 0 saturated heterocycles. The van der Waals surface area contributed by atoms with E-state index in [1.807, 2.05) is 0 Å². The second kappa shape index (κ2) is 3.16. The van der Waals surface area contributed by atoms with Gasteiger partial charge in [0, 0.05) is 0 Å². The van der Waals surface area contributed by atoms with Crippen molar-refractivity contribution in [3.8, 4) is 0 Å². The minimum atomic E-state index is 0.786. The zero-order chi connectivity index (χ0) is 7.68. The minimum Gasteiger partial charge on any atom is -0.0530 e. The summed E-state index contributed by atoms with van der Waals surface area (Å²) in [6.07, 6.45) is 10.4. The number of hydrogen-bond acceptors (Lipinski definition) is 0. The summed E-state index contributed by atoms with van der Waals surface area (Å²) < 4.78 is 0. The van der Waals surface area contributed by atoms with E-state index in [9.17, 15) is 0 Å². The molecule has 0 N–H and O–H groups in total. The summed E-state index contributed by atoms with van der Waals surface area (Å²) in [5.74, 6) is 2.95. The Kier molecular flexibility index (Phi) is 2.20. The van der Waals surface area contributed by atoms with E-state index in [-0.39, 0.29) is 0 Å². The lowest BCUT2D eigenvalue weighted by atomic mass is 9.68. The molecular weight excluding hydrogens is 132 g/mol. The predicted molar refractivity (Wildman–Crippen MR) is 48.1 cm³/mol. The second-order valence-corrected chi connectivity index (χ2v) is 4.48. The SMILES string of the molecule is [CH2]C1CCC2CCCCC2C1. The maximum Gasteiger partial charge on any atom is -0.0383 e. The van der Waals surface area contributed by atoms with E-state index in [4.69, 9.17) is 0 Å². The third-order valence-electron chi connectivity index (χ3n) is 3.65. The lowest BCUT2D eigenvalue weighted by Crippen LogP contribution is -2.26. The summed E-state index contributed by atoms with van der Waals surface area (Å²) in [6.45, 7) is 4.19. The Balaban J connectivity index is 1.93. The fraction of sp³-hybridized carbons (Fsp3) is 0.909. The molecule has 2 fully saturated rings. The van der Waals surface area contributed by atoms with Crippen LogP contribution in [0.1, 0.15) is 44.9 Å². The van der Waals surface area contributed by atoms with E-state index >= 15 is 0 Å². The molecule has 0 spiro atoms. The Hall–Kier alpha value is 0. The molecule has 0 aromatic carbocycles. The molecule has 0 aromatic heterocycles. The van der Waals surface area contributed by atoms with Crippen LogP contribution in [0.2, 0.25) is 0 Å². The van der Waals surface area contributed by atoms with Crippen molar-refractivity contribution in [1.82, 2.24) is 0 Å². The molecule has 0 heteroatoms. The second-order valence-electron chi connectivity index (χ2n) is 4.48. The number of hydrogen-bond donors (Lipinski definition) is 0. The zero-order valence-electron chi connectivity index (χ0n) is 7.39. The van der Waals surface area contributed by atoms with Crippen molar-refractivity contribution in [3.05, 3.63) is 6.92 Å². The highest BCUT2D eigenvalue weighted by Crippen LogP contribution is 2.42. The quantitative estimate of drug-likeness (QED) is 0.497. The van der Waals surface area contributed by atoms with Crippen LogP contribution in [0, 0.1) is 24.7 Å². The molecule has 0 heterocycles. The van der Waals surface area contributed by atoms with Crippen molar-refractivity contribution in [3.63, 3.8) is 0 Å². The average molecular weight is 151 g/mol. The maximum absolute atomic E-state index is 4.19. The van der Waals surface area contributed by atoms with E-state index in [2.05, 4.69) is 6.92 Å². The first kappa shape index (κ1) is 7.64. The van der Waals surface area contributed by atoms with Gasteiger partial charge < -0.3 is 0 Å². The molecule has 2 aliphatic carbocycles. The first-order chi connectivity index (χ1) is 5.36. The fourth-order valence-corrected chi connectivity index (χ4v) is 2.97. The van der Waals surface area contributed by atoms with Gasteiger partial charge in [-0.3, -0.25) is 0 Å². The Bertz CT molecular complexity index is 128. The van der Waals surface area contributed by atoms with Crippen LogP contribution >= 0.6 is 0 Å². The van der Waals surface area contributed by atoms with E-state index < -0.39 is 0 Å². The molecule has 0 aromatic rings. The minimum absolute atomic E-state index is 0.786. The highest BCUT2D eigenvalue weighted by atomic mass is 14.4. The molecule has 11 heavy (non-hydrogen) atoms. The molecule has 2 saturated carbocycles. The molecule has 1 radical (unpaired) electrons. The zero-order valence-corrected chi connectivity index (χ0v) is 7.39. The molecule has 0 bridgehead atoms. The summed E-state index contributed by atoms with van der Waals surface area (Å²) in [6, 6.07) is 0. The molecule has 63 valence electrons. The highest BCUT2D eigenvalue weighted by molar-refractivity contribution is 4.83. The van der Waals surface area contributed by atoms with Crippen molar-refractivity contribution < 1.29 is 0 Å². The van der Waals surface area contributed by atoms with Crippen LogP contribution in [0.4, 0.5) is 0 Å². The van der Waals surface area contributed by atoms with Gasteiger partial charge in [0.2, 0.25) is 0 Å². The third-order valence-corrected chi connectivity index (χ3v) is 3.65. The summed E-state index contributed by atoms with van der Waals surface area (Å²) in [4.78, 5) is 0. The summed E-state index contributed by atoms with van der Waals surface area (Å²) in [7, 11) is 0. The molecule has 0 amide bonds. The van der Waals surface area contributed by atoms with Gasteiger partial charge >= 0.3 is 0 Å². The van der Waals surface area contributed by atoms with Crippen molar-refractivity contribution >= 4 is 0 Å². The van der Waals surface area contributed by atoms with Crippen molar-refractivity contribution in [2.45, 2.75) is 44.9 Å². The summed E-state index contributed by atoms with van der Waals surface area (Å²) in [5, 5.41) is 0. The lowest BCUT2D eigenvalue weighted by molar-refractivity contribution is 0.146. The smallest absolute Gasteiger partial charge is 0.0383 e. The summed E-state index contributed by atoms with van der Waals surface area (Å²) >= 11 is 0. The molecule has 2 aliphatic rings. The Morgan fingerprint density at radius 1 is 0.818 bits per heavy atom. The molecule has 0 aliphatic heterocycles. The van der Waals surface area contributed by atoms with Gasteiger partial charge in [0.25, 0.3) is 0 Å². The van der Waals surface area contributed by atoms with Gasteiger partial charge in [0.1, 0.15) is 0 Å². The maximum atomic E-state index is 4.19. The largest absolute Gasteiger partial charge is 0.0530 e. The molecule has 0 nitrogen and oxygen atoms in total. The normalized spacial score (nSPS) is 45.0. The summed E-state index contributed by atoms with van der Waals surface area (Å²) in [5.41, 5.74) is 0. The Labute approximate surface area is 70.4 Å². The first-order valence-electron chi connectivity index (χ1n) is 5.19. The average Bonchev–Trinajstić information content (AvgIpc) is 2.04. The topological polar surface area (TPSA) is 0 Å². The highest BCUT2D eigenvalue weighted by Gasteiger charge is 2.30. The fourth-order valence-electron chi connectivity index (χ4n) is 2.97. The lowest BCUT2D eigenvalue weighted by Gasteiger charge is -2.38. The van der Waals surface area contributed by atoms with Crippen LogP contribution in [-0.4, -0.2) is 0 Å². The third kappa shape index (κ3) is 1.60. The molecule has 2 rings (SSSR count). The number of rotatable bonds is 0. The van der Waals surface area contributed by atoms with E-state index in [0.29, 0.717) is 0 Å². The first-order valence-corrected chi connectivity index (χ1v) is 5.19. The monoisotopic (exact) mass is 151 g/mol. The number of fused-ring (bicyclic) bond motifs is 1. The van der Waals surface area contributed by atoms with Crippen molar-refractivity contribution in [2.24, 2.45) is 17.8 Å². The van der Waals surface area contributed by atoms with Gasteiger partial charge in [0.05, 0.1) is 0 Å². The predicted octanol–water partition coefficient (Wildman–Crippen LogP) is 3.43. The molecule has 3 atom stereocenters. The van der Waals surface area contributed by atoms with Gasteiger partial charge in [-0.25, -0.2) is 0 Å². The Morgan fingerprint density at radius 3 is 2.36 bits per heavy atom. The van der Waals surface area contributed by atoms with E-state index in [0.717, 1.165) is 17.8 Å². The Morgan fingerprint density at radius 2 is 1.55 bits per heavy atom. The van der Waals surface area contributed by atoms with Gasteiger partial charge in [-0.2, -0.15) is 0 Å².